The summed E-state index contributed by atoms with van der Waals surface area (Å²) >= 11 is 0. The van der Waals surface area contributed by atoms with E-state index in [-0.39, 0.29) is 17.0 Å². The third-order valence-electron chi connectivity index (χ3n) is 6.44. The zero-order valence-electron chi connectivity index (χ0n) is 14.7. The molecule has 2 fully saturated rings. The van der Waals surface area contributed by atoms with Crippen LogP contribution in [0, 0.1) is 23.2 Å². The van der Waals surface area contributed by atoms with Gasteiger partial charge in [-0.15, -0.1) is 0 Å². The van der Waals surface area contributed by atoms with E-state index < -0.39 is 0 Å². The van der Waals surface area contributed by atoms with Gasteiger partial charge in [0.15, 0.2) is 0 Å². The smallest absolute Gasteiger partial charge is 0.312 e. The van der Waals surface area contributed by atoms with Crippen molar-refractivity contribution < 1.29 is 9.53 Å². The summed E-state index contributed by atoms with van der Waals surface area (Å²) in [6, 6.07) is 0. The predicted molar refractivity (Wildman–Crippen MR) is 87.0 cm³/mol. The number of carbonyl (C=O) groups excluding carboxylic acids is 1. The Morgan fingerprint density at radius 1 is 1.19 bits per heavy atom. The van der Waals surface area contributed by atoms with Crippen molar-refractivity contribution in [2.75, 3.05) is 0 Å². The monoisotopic (exact) mass is 294 g/mol. The molecule has 0 aromatic heterocycles. The lowest BCUT2D eigenvalue weighted by atomic mass is 9.82. The highest BCUT2D eigenvalue weighted by atomic mass is 16.6. The topological polar surface area (TPSA) is 26.3 Å². The largest absolute Gasteiger partial charge is 0.458 e. The molecule has 2 aliphatic rings. The SMILES string of the molecule is CCC1CC(OC(=O)C(C)(C)CC)(C2CCCC2)CC1C. The Balaban J connectivity index is 2.19. The fourth-order valence-corrected chi connectivity index (χ4v) is 4.41. The van der Waals surface area contributed by atoms with Crippen LogP contribution in [0.1, 0.15) is 86.0 Å². The standard InChI is InChI=1S/C19H34O2/c1-6-15-13-19(12-14(15)3,16-10-8-9-11-16)21-17(20)18(4,5)7-2/h14-16H,6-13H2,1-5H3. The Morgan fingerprint density at radius 3 is 2.29 bits per heavy atom. The second-order valence-corrected chi connectivity index (χ2v) is 8.23. The molecular formula is C19H34O2. The van der Waals surface area contributed by atoms with Crippen molar-refractivity contribution in [3.63, 3.8) is 0 Å². The van der Waals surface area contributed by atoms with Gasteiger partial charge in [-0.25, -0.2) is 0 Å². The van der Waals surface area contributed by atoms with Gasteiger partial charge in [0.25, 0.3) is 0 Å². The quantitative estimate of drug-likeness (QED) is 0.639. The fourth-order valence-electron chi connectivity index (χ4n) is 4.41. The first kappa shape index (κ1) is 16.8. The molecule has 0 aliphatic heterocycles. The highest BCUT2D eigenvalue weighted by Crippen LogP contribution is 2.52. The maximum atomic E-state index is 12.7. The molecule has 0 amide bonds. The first-order chi connectivity index (χ1) is 9.84. The molecule has 0 spiro atoms. The van der Waals surface area contributed by atoms with Crippen molar-refractivity contribution in [1.82, 2.24) is 0 Å². The molecule has 2 heteroatoms. The average Bonchev–Trinajstić information content (AvgIpc) is 3.07. The van der Waals surface area contributed by atoms with Gasteiger partial charge < -0.3 is 4.74 Å². The molecule has 3 atom stereocenters. The lowest BCUT2D eigenvalue weighted by Gasteiger charge is -2.38. The van der Waals surface area contributed by atoms with E-state index in [1.807, 2.05) is 13.8 Å². The maximum Gasteiger partial charge on any atom is 0.312 e. The maximum absolute atomic E-state index is 12.7. The lowest BCUT2D eigenvalue weighted by molar-refractivity contribution is -0.177. The Kier molecular flexibility index (Phi) is 5.05. The summed E-state index contributed by atoms with van der Waals surface area (Å²) in [7, 11) is 0. The first-order valence-electron chi connectivity index (χ1n) is 9.08. The third kappa shape index (κ3) is 3.29. The van der Waals surface area contributed by atoms with Crippen LogP contribution in [0.5, 0.6) is 0 Å². The summed E-state index contributed by atoms with van der Waals surface area (Å²) in [5.74, 6) is 2.05. The van der Waals surface area contributed by atoms with Crippen molar-refractivity contribution >= 4 is 5.97 Å². The number of hydrogen-bond acceptors (Lipinski definition) is 2. The van der Waals surface area contributed by atoms with Crippen LogP contribution in [0.2, 0.25) is 0 Å². The second kappa shape index (κ2) is 6.30. The predicted octanol–water partition coefficient (Wildman–Crippen LogP) is 5.35. The molecule has 2 rings (SSSR count). The molecule has 0 aromatic carbocycles. The van der Waals surface area contributed by atoms with E-state index in [9.17, 15) is 4.79 Å². The van der Waals surface area contributed by atoms with Crippen molar-refractivity contribution in [2.24, 2.45) is 23.2 Å². The minimum absolute atomic E-state index is 0.0286. The summed E-state index contributed by atoms with van der Waals surface area (Å²) in [5, 5.41) is 0. The molecule has 122 valence electrons. The molecule has 0 saturated heterocycles. The van der Waals surface area contributed by atoms with Crippen molar-refractivity contribution in [3.05, 3.63) is 0 Å². The number of carbonyl (C=O) groups is 1. The van der Waals surface area contributed by atoms with Gasteiger partial charge in [0.2, 0.25) is 0 Å². The van der Waals surface area contributed by atoms with Gasteiger partial charge in [0, 0.05) is 0 Å². The van der Waals surface area contributed by atoms with E-state index in [4.69, 9.17) is 4.74 Å². The van der Waals surface area contributed by atoms with Crippen molar-refractivity contribution in [2.45, 2.75) is 91.6 Å². The molecule has 0 N–H and O–H groups in total. The Labute approximate surface area is 131 Å². The van der Waals surface area contributed by atoms with Crippen molar-refractivity contribution in [3.8, 4) is 0 Å². The highest BCUT2D eigenvalue weighted by molar-refractivity contribution is 5.76. The van der Waals surface area contributed by atoms with Crippen LogP contribution in [0.15, 0.2) is 0 Å². The van der Waals surface area contributed by atoms with E-state index >= 15 is 0 Å². The van der Waals surface area contributed by atoms with Crippen LogP contribution in [0.4, 0.5) is 0 Å². The van der Waals surface area contributed by atoms with E-state index in [0.717, 1.165) is 25.2 Å². The first-order valence-corrected chi connectivity index (χ1v) is 9.08. The van der Waals surface area contributed by atoms with Crippen molar-refractivity contribution in [1.29, 1.82) is 0 Å². The second-order valence-electron chi connectivity index (χ2n) is 8.23. The summed E-state index contributed by atoms with van der Waals surface area (Å²) in [4.78, 5) is 12.7. The molecule has 3 unspecified atom stereocenters. The molecular weight excluding hydrogens is 260 g/mol. The normalized spacial score (nSPS) is 34.3. The van der Waals surface area contributed by atoms with E-state index in [0.29, 0.717) is 11.8 Å². The summed E-state index contributed by atoms with van der Waals surface area (Å²) in [6.07, 6.45) is 9.37. The van der Waals surface area contributed by atoms with E-state index in [1.54, 1.807) is 0 Å². The number of ether oxygens (including phenoxy) is 1. The summed E-state index contributed by atoms with van der Waals surface area (Å²) < 4.78 is 6.30. The molecule has 0 aromatic rings. The molecule has 2 aliphatic carbocycles. The van der Waals surface area contributed by atoms with Crippen LogP contribution < -0.4 is 0 Å². The minimum Gasteiger partial charge on any atom is -0.458 e. The Morgan fingerprint density at radius 2 is 1.81 bits per heavy atom. The van der Waals surface area contributed by atoms with Gasteiger partial charge in [0.05, 0.1) is 5.41 Å². The average molecular weight is 294 g/mol. The minimum atomic E-state index is -0.348. The Hall–Kier alpha value is -0.530. The van der Waals surface area contributed by atoms with Crippen LogP contribution in [0.25, 0.3) is 0 Å². The molecule has 0 bridgehead atoms. The summed E-state index contributed by atoms with van der Waals surface area (Å²) in [6.45, 7) is 10.8. The van der Waals surface area contributed by atoms with E-state index in [1.165, 1.54) is 32.1 Å². The van der Waals surface area contributed by atoms with Crippen LogP contribution in [-0.2, 0) is 9.53 Å². The molecule has 2 nitrogen and oxygen atoms in total. The van der Waals surface area contributed by atoms with Crippen LogP contribution in [-0.4, -0.2) is 11.6 Å². The molecule has 2 saturated carbocycles. The van der Waals surface area contributed by atoms with Gasteiger partial charge in [0.1, 0.15) is 5.60 Å². The molecule has 0 radical (unpaired) electrons. The van der Waals surface area contributed by atoms with E-state index in [2.05, 4.69) is 20.8 Å². The molecule has 0 heterocycles. The van der Waals surface area contributed by atoms with Crippen LogP contribution >= 0.6 is 0 Å². The number of rotatable bonds is 5. The third-order valence-corrected chi connectivity index (χ3v) is 6.44. The van der Waals surface area contributed by atoms with Gasteiger partial charge in [-0.3, -0.25) is 4.79 Å². The fraction of sp³-hybridized carbons (Fsp3) is 0.947. The van der Waals surface area contributed by atoms with Gasteiger partial charge in [-0.2, -0.15) is 0 Å². The van der Waals surface area contributed by atoms with Crippen LogP contribution in [0.3, 0.4) is 0 Å². The van der Waals surface area contributed by atoms with Gasteiger partial charge in [-0.05, 0) is 63.7 Å². The number of esters is 1. The van der Waals surface area contributed by atoms with Gasteiger partial charge >= 0.3 is 5.97 Å². The van der Waals surface area contributed by atoms with Gasteiger partial charge in [-0.1, -0.05) is 40.0 Å². The highest BCUT2D eigenvalue weighted by Gasteiger charge is 2.52. The zero-order chi connectivity index (χ0) is 15.7. The number of hydrogen-bond donors (Lipinski definition) is 0. The molecule has 21 heavy (non-hydrogen) atoms. The Bertz CT molecular complexity index is 368. The lowest BCUT2D eigenvalue weighted by Crippen LogP contribution is -2.43. The summed E-state index contributed by atoms with van der Waals surface area (Å²) in [5.41, 5.74) is -0.501. The zero-order valence-corrected chi connectivity index (χ0v) is 14.7.